The van der Waals surface area contributed by atoms with E-state index in [9.17, 15) is 14.7 Å². The molecule has 0 amide bonds. The van der Waals surface area contributed by atoms with E-state index < -0.39 is 18.0 Å². The van der Waals surface area contributed by atoms with Crippen molar-refractivity contribution in [1.29, 1.82) is 0 Å². The topological polar surface area (TPSA) is 140 Å². The third kappa shape index (κ3) is 17.6. The van der Waals surface area contributed by atoms with Gasteiger partial charge in [0, 0.05) is 12.1 Å². The highest BCUT2D eigenvalue weighted by atomic mass is 16.6. The lowest BCUT2D eigenvalue weighted by molar-refractivity contribution is 0.0680. The molecule has 0 saturated heterocycles. The summed E-state index contributed by atoms with van der Waals surface area (Å²) in [5.41, 5.74) is 0.483. The number of esters is 2. The maximum Gasteiger partial charge on any atom is 0.343 e. The molecule has 3 rings (SSSR count). The second kappa shape index (κ2) is 28.1. The largest absolute Gasteiger partial charge is 0.490 e. The monoisotopic (exact) mass is 866 g/mol. The van der Waals surface area contributed by atoms with Crippen LogP contribution in [0.2, 0.25) is 0 Å². The molecule has 12 heteroatoms. The number of unbranched alkanes of at least 4 members (excludes halogenated alkanes) is 6. The number of carbonyl (C=O) groups is 2. The molecule has 3 aromatic rings. The van der Waals surface area contributed by atoms with Crippen LogP contribution in [0.5, 0.6) is 46.0 Å². The van der Waals surface area contributed by atoms with Gasteiger partial charge in [0.2, 0.25) is 11.5 Å². The fourth-order valence-corrected chi connectivity index (χ4v) is 5.78. The van der Waals surface area contributed by atoms with Gasteiger partial charge in [-0.15, -0.1) is 0 Å². The van der Waals surface area contributed by atoms with Crippen LogP contribution < -0.4 is 43.2 Å². The van der Waals surface area contributed by atoms with Gasteiger partial charge in [-0.05, 0) is 101 Å². The van der Waals surface area contributed by atoms with E-state index in [-0.39, 0.29) is 34.7 Å². The number of ether oxygens (including phenoxy) is 8. The minimum Gasteiger partial charge on any atom is -0.490 e. The predicted octanol–water partition coefficient (Wildman–Crippen LogP) is 11.6. The Balaban J connectivity index is 2.12. The van der Waals surface area contributed by atoms with Crippen LogP contribution >= 0.6 is 0 Å². The summed E-state index contributed by atoms with van der Waals surface area (Å²) in [6, 6.07) is 11.0. The molecule has 0 fully saturated rings. The Morgan fingerprint density at radius 1 is 0.500 bits per heavy atom. The molecule has 1 unspecified atom stereocenters. The average molecular weight is 866 g/mol. The third-order valence-corrected chi connectivity index (χ3v) is 9.61. The van der Waals surface area contributed by atoms with Crippen LogP contribution in [-0.2, 0) is 0 Å². The molecule has 0 aliphatic heterocycles. The zero-order valence-corrected chi connectivity index (χ0v) is 39.1. The minimum atomic E-state index is -0.973. The van der Waals surface area contributed by atoms with Gasteiger partial charge in [0.15, 0.2) is 34.5 Å². The summed E-state index contributed by atoms with van der Waals surface area (Å²) < 4.78 is 49.3. The number of hydrogen-bond acceptors (Lipinski definition) is 12. The maximum atomic E-state index is 14.2. The fourth-order valence-electron chi connectivity index (χ4n) is 5.78. The third-order valence-electron chi connectivity index (χ3n) is 9.61. The molecule has 0 heterocycles. The Morgan fingerprint density at radius 3 is 1.18 bits per heavy atom. The van der Waals surface area contributed by atoms with Gasteiger partial charge in [-0.2, -0.15) is 0 Å². The van der Waals surface area contributed by atoms with E-state index >= 15 is 0 Å². The molecule has 0 radical (unpaired) electrons. The lowest BCUT2D eigenvalue weighted by atomic mass is 10.1. The SMILES string of the molecule is CCCCOc1cc(C(=O)Oc2ccc(C(O)CNC(C)(C)C)cc2OC(=O)c2cc(OCCCC)c(OCCCC)c(OCCCC)c2)cc(OCCCC)c1OCCCC. The van der Waals surface area contributed by atoms with E-state index in [1.165, 1.54) is 12.1 Å². The highest BCUT2D eigenvalue weighted by molar-refractivity contribution is 5.95. The Morgan fingerprint density at radius 2 is 0.839 bits per heavy atom. The van der Waals surface area contributed by atoms with Crippen molar-refractivity contribution < 1.29 is 52.6 Å². The molecular formula is C50H75NO11. The highest BCUT2D eigenvalue weighted by Gasteiger charge is 2.25. The number of β-amino-alcohol motifs (C(OH)–C–C–N with tert-alkyl or cyclic N) is 1. The molecule has 0 spiro atoms. The van der Waals surface area contributed by atoms with Gasteiger partial charge < -0.3 is 48.3 Å². The number of nitrogens with one attached hydrogen (secondary N) is 1. The summed E-state index contributed by atoms with van der Waals surface area (Å²) in [6.07, 6.45) is 9.47. The second-order valence-electron chi connectivity index (χ2n) is 16.4. The van der Waals surface area contributed by atoms with Crippen LogP contribution in [-0.4, -0.2) is 68.8 Å². The van der Waals surface area contributed by atoms with Crippen molar-refractivity contribution in [3.63, 3.8) is 0 Å². The summed E-state index contributed by atoms with van der Waals surface area (Å²) in [6.45, 7) is 21.3. The van der Waals surface area contributed by atoms with E-state index in [1.807, 2.05) is 20.8 Å². The summed E-state index contributed by atoms with van der Waals surface area (Å²) in [5.74, 6) is 0.776. The van der Waals surface area contributed by atoms with Gasteiger partial charge in [0.1, 0.15) is 0 Å². The molecule has 0 aliphatic carbocycles. The number of aliphatic hydroxyl groups is 1. The lowest BCUT2D eigenvalue weighted by Gasteiger charge is -2.23. The molecule has 0 aromatic heterocycles. The number of rotatable bonds is 31. The van der Waals surface area contributed by atoms with Gasteiger partial charge in [0.25, 0.3) is 0 Å². The summed E-state index contributed by atoms with van der Waals surface area (Å²) >= 11 is 0. The molecule has 346 valence electrons. The van der Waals surface area contributed by atoms with E-state index in [4.69, 9.17) is 37.9 Å². The molecule has 1 atom stereocenters. The number of benzene rings is 3. The van der Waals surface area contributed by atoms with Crippen molar-refractivity contribution >= 4 is 11.9 Å². The molecular weight excluding hydrogens is 791 g/mol. The Bertz CT molecular complexity index is 1720. The van der Waals surface area contributed by atoms with Crippen LogP contribution in [0.1, 0.15) is 172 Å². The first-order valence-electron chi connectivity index (χ1n) is 23.0. The molecule has 0 aliphatic rings. The van der Waals surface area contributed by atoms with Crippen LogP contribution in [0.15, 0.2) is 42.5 Å². The number of aliphatic hydroxyl groups excluding tert-OH is 1. The summed E-state index contributed by atoms with van der Waals surface area (Å²) in [5, 5.41) is 14.6. The van der Waals surface area contributed by atoms with E-state index in [0.29, 0.717) is 79.7 Å². The molecule has 3 aromatic carbocycles. The van der Waals surface area contributed by atoms with Crippen LogP contribution in [0.3, 0.4) is 0 Å². The van der Waals surface area contributed by atoms with Crippen molar-refractivity contribution in [2.45, 2.75) is 151 Å². The zero-order valence-electron chi connectivity index (χ0n) is 39.1. The minimum absolute atomic E-state index is 0.0355. The zero-order chi connectivity index (χ0) is 45.3. The molecule has 62 heavy (non-hydrogen) atoms. The first kappa shape index (κ1) is 51.7. The molecule has 2 N–H and O–H groups in total. The standard InChI is InChI=1S/C50H75NO11/c1-10-16-24-55-42-31-37(32-43(56-25-17-11-2)46(42)59-28-20-14-5)48(53)61-40-23-22-36(39(52)35-51-50(7,8)9)30-41(40)62-49(54)38-33-44(57-26-18-12-3)47(60-29-21-15-6)45(34-38)58-27-19-13-4/h22-23,30-34,39,51-52H,10-21,24-29,35H2,1-9H3. The van der Waals surface area contributed by atoms with Gasteiger partial charge in [-0.1, -0.05) is 86.1 Å². The van der Waals surface area contributed by atoms with Crippen molar-refractivity contribution in [2.24, 2.45) is 0 Å². The maximum absolute atomic E-state index is 14.2. The average Bonchev–Trinajstić information content (AvgIpc) is 3.24. The Labute approximate surface area is 371 Å². The van der Waals surface area contributed by atoms with Gasteiger partial charge in [0.05, 0.1) is 56.9 Å². The summed E-state index contributed by atoms with van der Waals surface area (Å²) in [7, 11) is 0. The predicted molar refractivity (Wildman–Crippen MR) is 244 cm³/mol. The lowest BCUT2D eigenvalue weighted by Crippen LogP contribution is -2.38. The Hall–Kier alpha value is -4.68. The smallest absolute Gasteiger partial charge is 0.343 e. The second-order valence-corrected chi connectivity index (χ2v) is 16.4. The quantitative estimate of drug-likeness (QED) is 0.0361. The van der Waals surface area contributed by atoms with Crippen LogP contribution in [0.4, 0.5) is 0 Å². The van der Waals surface area contributed by atoms with Crippen LogP contribution in [0, 0.1) is 0 Å². The van der Waals surface area contributed by atoms with Crippen LogP contribution in [0.25, 0.3) is 0 Å². The van der Waals surface area contributed by atoms with Crippen molar-refractivity contribution in [1.82, 2.24) is 5.32 Å². The highest BCUT2D eigenvalue weighted by Crippen LogP contribution is 2.42. The number of hydrogen-bond donors (Lipinski definition) is 2. The molecule has 0 bridgehead atoms. The van der Waals surface area contributed by atoms with Gasteiger partial charge in [-0.3, -0.25) is 0 Å². The van der Waals surface area contributed by atoms with Gasteiger partial charge >= 0.3 is 11.9 Å². The summed E-state index contributed by atoms with van der Waals surface area (Å²) in [4.78, 5) is 28.4. The number of carbonyl (C=O) groups excluding carboxylic acids is 2. The van der Waals surface area contributed by atoms with E-state index in [2.05, 4.69) is 46.9 Å². The van der Waals surface area contributed by atoms with E-state index in [0.717, 1.165) is 77.0 Å². The normalized spacial score (nSPS) is 11.8. The molecule has 12 nitrogen and oxygen atoms in total. The molecule has 0 saturated carbocycles. The van der Waals surface area contributed by atoms with E-state index in [1.54, 1.807) is 30.3 Å². The fraction of sp³-hybridized carbons (Fsp3) is 0.600. The van der Waals surface area contributed by atoms with Gasteiger partial charge in [-0.25, -0.2) is 9.59 Å². The van der Waals surface area contributed by atoms with Crippen molar-refractivity contribution in [3.8, 4) is 46.0 Å². The first-order chi connectivity index (χ1) is 29.9. The van der Waals surface area contributed by atoms with Crippen molar-refractivity contribution in [2.75, 3.05) is 46.2 Å². The first-order valence-corrected chi connectivity index (χ1v) is 23.0. The Kier molecular flexibility index (Phi) is 23.4. The van der Waals surface area contributed by atoms with Crippen molar-refractivity contribution in [3.05, 3.63) is 59.2 Å².